The molecule has 0 spiro atoms. The van der Waals surface area contributed by atoms with E-state index in [4.69, 9.17) is 9.47 Å². The third-order valence-electron chi connectivity index (χ3n) is 6.32. The van der Waals surface area contributed by atoms with Crippen LogP contribution >= 0.6 is 23.1 Å². The van der Waals surface area contributed by atoms with Gasteiger partial charge in [-0.05, 0) is 66.6 Å². The summed E-state index contributed by atoms with van der Waals surface area (Å²) in [5.74, 6) is -0.590. The van der Waals surface area contributed by atoms with Crippen LogP contribution in [0.1, 0.15) is 29.7 Å². The molecule has 1 atom stereocenters. The van der Waals surface area contributed by atoms with E-state index in [1.54, 1.807) is 66.7 Å². The number of rotatable bonds is 11. The third-order valence-corrected chi connectivity index (χ3v) is 8.45. The lowest BCUT2D eigenvalue weighted by atomic mass is 9.95. The number of benzene rings is 3. The van der Waals surface area contributed by atoms with Crippen LogP contribution in [-0.4, -0.2) is 40.2 Å². The van der Waals surface area contributed by atoms with Crippen LogP contribution in [0.5, 0.6) is 11.5 Å². The van der Waals surface area contributed by atoms with Crippen LogP contribution in [0.25, 0.3) is 5.76 Å². The van der Waals surface area contributed by atoms with Gasteiger partial charge in [-0.3, -0.25) is 14.5 Å². The first-order valence-electron chi connectivity index (χ1n) is 13.0. The second-order valence-electron chi connectivity index (χ2n) is 9.06. The van der Waals surface area contributed by atoms with Gasteiger partial charge in [-0.1, -0.05) is 60.0 Å². The Bertz CT molecular complexity index is 1620. The van der Waals surface area contributed by atoms with E-state index in [0.717, 1.165) is 16.9 Å². The molecule has 1 unspecified atom stereocenters. The molecule has 0 aliphatic carbocycles. The summed E-state index contributed by atoms with van der Waals surface area (Å²) in [5, 5.41) is 20.0. The summed E-state index contributed by atoms with van der Waals surface area (Å²) in [5.41, 5.74) is 1.76. The number of hydrogen-bond donors (Lipinski definition) is 1. The highest BCUT2D eigenvalue weighted by atomic mass is 32.2. The fraction of sp³-hybridized carbons (Fsp3) is 0.161. The lowest BCUT2D eigenvalue weighted by Crippen LogP contribution is -2.29. The average molecular weight is 604 g/mol. The van der Waals surface area contributed by atoms with Crippen LogP contribution in [0, 0.1) is 5.82 Å². The quantitative estimate of drug-likeness (QED) is 0.0514. The molecule has 1 saturated heterocycles. The molecule has 0 saturated carbocycles. The number of carbonyl (C=O) groups is 2. The van der Waals surface area contributed by atoms with E-state index in [9.17, 15) is 19.1 Å². The average Bonchev–Trinajstić information content (AvgIpc) is 3.58. The Labute approximate surface area is 250 Å². The number of nitrogens with zero attached hydrogens (tertiary/aromatic N) is 3. The molecular formula is C31H26FN3O5S2. The normalized spacial score (nSPS) is 16.0. The van der Waals surface area contributed by atoms with E-state index in [2.05, 4.69) is 16.8 Å². The van der Waals surface area contributed by atoms with Gasteiger partial charge in [-0.25, -0.2) is 4.39 Å². The highest BCUT2D eigenvalue weighted by Gasteiger charge is 2.48. The highest BCUT2D eigenvalue weighted by Crippen LogP contribution is 2.44. The number of amides is 1. The lowest BCUT2D eigenvalue weighted by molar-refractivity contribution is -0.132. The zero-order chi connectivity index (χ0) is 29.6. The van der Waals surface area contributed by atoms with Crippen LogP contribution in [0.2, 0.25) is 0 Å². The molecule has 5 rings (SSSR count). The number of carbonyl (C=O) groups excluding carboxylic acids is 2. The first-order chi connectivity index (χ1) is 20.4. The second-order valence-corrected chi connectivity index (χ2v) is 11.2. The number of Topliss-reactive ketones (excluding diaryl/α,β-unsaturated/α-hetero) is 1. The molecule has 3 aromatic carbocycles. The molecule has 1 amide bonds. The number of hydrogen-bond acceptors (Lipinski definition) is 9. The minimum atomic E-state index is -0.965. The van der Waals surface area contributed by atoms with E-state index in [1.165, 1.54) is 28.8 Å². The van der Waals surface area contributed by atoms with Gasteiger partial charge < -0.3 is 14.6 Å². The number of thioether (sulfide) groups is 1. The lowest BCUT2D eigenvalue weighted by Gasteiger charge is -2.22. The molecule has 0 radical (unpaired) electrons. The standard InChI is InChI=1S/C31H26FN3O5S2/c1-3-17-40-24-13-7-20(8-14-24)26-25(27(36)21-9-15-23(16-10-21)39-4-2)28(37)29(38)35(26)30-33-34-31(42-30)41-18-19-5-11-22(32)12-6-19/h3,5-16,26,36H,1,4,17-18H2,2H3/b27-25-. The number of ketones is 1. The van der Waals surface area contributed by atoms with Gasteiger partial charge in [0.2, 0.25) is 5.13 Å². The molecule has 1 fully saturated rings. The molecule has 8 nitrogen and oxygen atoms in total. The summed E-state index contributed by atoms with van der Waals surface area (Å²) >= 11 is 2.53. The minimum absolute atomic E-state index is 0.0698. The number of aliphatic hydroxyl groups excluding tert-OH is 1. The maximum absolute atomic E-state index is 13.5. The largest absolute Gasteiger partial charge is 0.507 e. The van der Waals surface area contributed by atoms with Gasteiger partial charge in [0.25, 0.3) is 5.78 Å². The predicted octanol–water partition coefficient (Wildman–Crippen LogP) is 6.56. The number of ether oxygens (including phenoxy) is 2. The number of anilines is 1. The first-order valence-corrected chi connectivity index (χ1v) is 14.8. The second kappa shape index (κ2) is 13.0. The van der Waals surface area contributed by atoms with Crippen LogP contribution < -0.4 is 14.4 Å². The zero-order valence-electron chi connectivity index (χ0n) is 22.5. The van der Waals surface area contributed by atoms with Gasteiger partial charge >= 0.3 is 5.91 Å². The van der Waals surface area contributed by atoms with E-state index in [0.29, 0.717) is 45.9 Å². The summed E-state index contributed by atoms with van der Waals surface area (Å²) in [7, 11) is 0. The van der Waals surface area contributed by atoms with E-state index in [1.807, 2.05) is 6.92 Å². The van der Waals surface area contributed by atoms with Crippen molar-refractivity contribution in [1.82, 2.24) is 10.2 Å². The van der Waals surface area contributed by atoms with Gasteiger partial charge in [-0.2, -0.15) is 0 Å². The summed E-state index contributed by atoms with van der Waals surface area (Å²) < 4.78 is 24.9. The van der Waals surface area contributed by atoms with Crippen molar-refractivity contribution in [3.8, 4) is 11.5 Å². The summed E-state index contributed by atoms with van der Waals surface area (Å²) in [6.07, 6.45) is 1.63. The molecule has 1 aliphatic rings. The van der Waals surface area contributed by atoms with Gasteiger partial charge in [0.05, 0.1) is 18.2 Å². The molecule has 214 valence electrons. The highest BCUT2D eigenvalue weighted by molar-refractivity contribution is 8.00. The molecule has 4 aromatic rings. The molecule has 2 heterocycles. The zero-order valence-corrected chi connectivity index (χ0v) is 24.2. The molecule has 1 aromatic heterocycles. The van der Waals surface area contributed by atoms with Crippen molar-refractivity contribution < 1.29 is 28.6 Å². The smallest absolute Gasteiger partial charge is 0.301 e. The predicted molar refractivity (Wildman–Crippen MR) is 160 cm³/mol. The molecule has 0 bridgehead atoms. The summed E-state index contributed by atoms with van der Waals surface area (Å²) in [6.45, 7) is 6.31. The van der Waals surface area contributed by atoms with Crippen molar-refractivity contribution >= 4 is 45.7 Å². The van der Waals surface area contributed by atoms with E-state index >= 15 is 0 Å². The monoisotopic (exact) mass is 603 g/mol. The van der Waals surface area contributed by atoms with Crippen LogP contribution in [0.4, 0.5) is 9.52 Å². The number of halogens is 1. The number of aromatic nitrogens is 2. The maximum Gasteiger partial charge on any atom is 0.301 e. The van der Waals surface area contributed by atoms with Crippen LogP contribution in [0.15, 0.2) is 95.4 Å². The number of aliphatic hydroxyl groups is 1. The Hall–Kier alpha value is -4.48. The van der Waals surface area contributed by atoms with Gasteiger partial charge in [0.1, 0.15) is 29.7 Å². The van der Waals surface area contributed by atoms with Gasteiger partial charge in [0.15, 0.2) is 4.34 Å². The first kappa shape index (κ1) is 29.0. The SMILES string of the molecule is C=CCOc1ccc(C2/C(=C(/O)c3ccc(OCC)cc3)C(=O)C(=O)N2c2nnc(SCc3ccc(F)cc3)s2)cc1. The third kappa shape index (κ3) is 6.22. The Kier molecular flexibility index (Phi) is 8.99. The van der Waals surface area contributed by atoms with Crippen molar-refractivity contribution in [3.63, 3.8) is 0 Å². The summed E-state index contributed by atoms with van der Waals surface area (Å²) in [4.78, 5) is 28.2. The minimum Gasteiger partial charge on any atom is -0.507 e. The van der Waals surface area contributed by atoms with Gasteiger partial charge in [-0.15, -0.1) is 10.2 Å². The molecule has 42 heavy (non-hydrogen) atoms. The van der Waals surface area contributed by atoms with Crippen molar-refractivity contribution in [2.45, 2.75) is 23.1 Å². The van der Waals surface area contributed by atoms with Crippen LogP contribution in [0.3, 0.4) is 0 Å². The molecular weight excluding hydrogens is 577 g/mol. The van der Waals surface area contributed by atoms with E-state index < -0.39 is 17.7 Å². The molecule has 1 N–H and O–H groups in total. The Morgan fingerprint density at radius 1 is 1.02 bits per heavy atom. The van der Waals surface area contributed by atoms with Crippen LogP contribution in [-0.2, 0) is 15.3 Å². The molecule has 1 aliphatic heterocycles. The van der Waals surface area contributed by atoms with Crippen molar-refractivity contribution in [3.05, 3.63) is 114 Å². The Morgan fingerprint density at radius 2 is 1.69 bits per heavy atom. The summed E-state index contributed by atoms with van der Waals surface area (Å²) in [6, 6.07) is 18.7. The van der Waals surface area contributed by atoms with Crippen molar-refractivity contribution in [2.75, 3.05) is 18.1 Å². The fourth-order valence-electron chi connectivity index (χ4n) is 4.36. The topological polar surface area (TPSA) is 102 Å². The Balaban J connectivity index is 1.51. The molecule has 11 heteroatoms. The van der Waals surface area contributed by atoms with Gasteiger partial charge in [0, 0.05) is 11.3 Å². The fourth-order valence-corrected chi connectivity index (χ4v) is 6.19. The maximum atomic E-state index is 13.5. The Morgan fingerprint density at radius 3 is 2.36 bits per heavy atom. The van der Waals surface area contributed by atoms with E-state index in [-0.39, 0.29) is 22.3 Å². The van der Waals surface area contributed by atoms with Crippen molar-refractivity contribution in [1.29, 1.82) is 0 Å². The van der Waals surface area contributed by atoms with Crippen molar-refractivity contribution in [2.24, 2.45) is 0 Å².